The van der Waals surface area contributed by atoms with E-state index in [1.165, 1.54) is 6.47 Å². The summed E-state index contributed by atoms with van der Waals surface area (Å²) in [5.41, 5.74) is 0. The van der Waals surface area contributed by atoms with Crippen LogP contribution in [0.15, 0.2) is 0 Å². The third-order valence-electron chi connectivity index (χ3n) is 1.43. The van der Waals surface area contributed by atoms with Crippen LogP contribution in [0, 0.1) is 0 Å². The fraction of sp³-hybridized carbons (Fsp3) is 0.667. The lowest BCUT2D eigenvalue weighted by Gasteiger charge is -2.05. The third-order valence-corrected chi connectivity index (χ3v) is 1.43. The van der Waals surface area contributed by atoms with Crippen LogP contribution in [-0.2, 0) is 14.3 Å². The van der Waals surface area contributed by atoms with Gasteiger partial charge < -0.3 is 10.1 Å². The van der Waals surface area contributed by atoms with Crippen molar-refractivity contribution in [2.45, 2.75) is 18.9 Å². The van der Waals surface area contributed by atoms with Crippen molar-refractivity contribution in [3.8, 4) is 0 Å². The molecule has 1 radical (unpaired) electrons. The number of amides is 1. The number of rotatable bonds is 3. The Kier molecular flexibility index (Phi) is 2.25. The second kappa shape index (κ2) is 3.20. The van der Waals surface area contributed by atoms with Crippen LogP contribution in [0.5, 0.6) is 0 Å². The second-order valence-electron chi connectivity index (χ2n) is 2.20. The fourth-order valence-electron chi connectivity index (χ4n) is 0.937. The summed E-state index contributed by atoms with van der Waals surface area (Å²) in [6.45, 7) is 1.55. The van der Waals surface area contributed by atoms with Gasteiger partial charge in [-0.25, -0.2) is 4.79 Å². The first-order valence-corrected chi connectivity index (χ1v) is 3.11. The number of carbonyl (C=O) groups excluding carboxylic acids is 2. The minimum absolute atomic E-state index is 0.00829. The molecule has 0 aromatic rings. The molecule has 1 N–H and O–H groups in total. The van der Waals surface area contributed by atoms with E-state index < -0.39 is 0 Å². The van der Waals surface area contributed by atoms with E-state index in [4.69, 9.17) is 0 Å². The van der Waals surface area contributed by atoms with Crippen LogP contribution in [-0.4, -0.2) is 25.0 Å². The summed E-state index contributed by atoms with van der Waals surface area (Å²) in [4.78, 5) is 20.1. The van der Waals surface area contributed by atoms with Crippen molar-refractivity contribution in [1.82, 2.24) is 5.32 Å². The Labute approximate surface area is 58.5 Å². The highest BCUT2D eigenvalue weighted by atomic mass is 16.5. The van der Waals surface area contributed by atoms with Crippen molar-refractivity contribution in [3.63, 3.8) is 0 Å². The number of nitrogens with one attached hydrogen (secondary N) is 1. The molecule has 1 rings (SSSR count). The van der Waals surface area contributed by atoms with Crippen LogP contribution in [0.4, 0.5) is 0 Å². The molecular formula is C6H8NO3. The normalized spacial score (nSPS) is 24.0. The summed E-state index contributed by atoms with van der Waals surface area (Å²) >= 11 is 0. The molecule has 0 aliphatic carbocycles. The fourth-order valence-corrected chi connectivity index (χ4v) is 0.937. The van der Waals surface area contributed by atoms with Crippen LogP contribution in [0.25, 0.3) is 0 Å². The molecule has 0 unspecified atom stereocenters. The molecule has 0 saturated carbocycles. The summed E-state index contributed by atoms with van der Waals surface area (Å²) in [6.07, 6.45) is 1.29. The van der Waals surface area contributed by atoms with Crippen molar-refractivity contribution < 1.29 is 14.3 Å². The molecule has 55 valence electrons. The van der Waals surface area contributed by atoms with E-state index in [1.54, 1.807) is 0 Å². The SMILES string of the molecule is O=[C]OC[C@@H]1CCC(=O)N1. The molecule has 1 aliphatic rings. The highest BCUT2D eigenvalue weighted by Crippen LogP contribution is 2.05. The van der Waals surface area contributed by atoms with E-state index >= 15 is 0 Å². The molecule has 0 aromatic heterocycles. The van der Waals surface area contributed by atoms with Crippen LogP contribution in [0.3, 0.4) is 0 Å². The van der Waals surface area contributed by atoms with Gasteiger partial charge in [-0.1, -0.05) is 0 Å². The Hall–Kier alpha value is -1.06. The Bertz CT molecular complexity index is 146. The molecule has 1 heterocycles. The van der Waals surface area contributed by atoms with E-state index in [9.17, 15) is 9.59 Å². The number of hydrogen-bond donors (Lipinski definition) is 1. The molecule has 4 nitrogen and oxygen atoms in total. The van der Waals surface area contributed by atoms with E-state index in [0.717, 1.165) is 6.42 Å². The first kappa shape index (κ1) is 7.05. The van der Waals surface area contributed by atoms with Crippen LogP contribution >= 0.6 is 0 Å². The monoisotopic (exact) mass is 142 g/mol. The largest absolute Gasteiger partial charge is 0.455 e. The molecule has 1 amide bonds. The predicted octanol–water partition coefficient (Wildman–Crippen LogP) is -0.651. The van der Waals surface area contributed by atoms with Gasteiger partial charge in [-0.15, -0.1) is 0 Å². The molecule has 1 aliphatic heterocycles. The molecule has 10 heavy (non-hydrogen) atoms. The molecule has 1 atom stereocenters. The zero-order chi connectivity index (χ0) is 7.40. The summed E-state index contributed by atoms with van der Waals surface area (Å²) < 4.78 is 4.35. The molecule has 4 heteroatoms. The van der Waals surface area contributed by atoms with E-state index in [2.05, 4.69) is 10.1 Å². The quantitative estimate of drug-likeness (QED) is 0.569. The molecule has 0 aromatic carbocycles. The lowest BCUT2D eigenvalue weighted by atomic mass is 10.2. The zero-order valence-electron chi connectivity index (χ0n) is 5.42. The molecule has 0 spiro atoms. The maximum atomic E-state index is 10.6. The van der Waals surface area contributed by atoms with Crippen molar-refractivity contribution in [1.29, 1.82) is 0 Å². The van der Waals surface area contributed by atoms with Crippen molar-refractivity contribution >= 4 is 12.4 Å². The first-order valence-electron chi connectivity index (χ1n) is 3.11. The minimum Gasteiger partial charge on any atom is -0.455 e. The maximum Gasteiger partial charge on any atom is 0.417 e. The lowest BCUT2D eigenvalue weighted by molar-refractivity contribution is -0.119. The summed E-state index contributed by atoms with van der Waals surface area (Å²) in [7, 11) is 0. The van der Waals surface area contributed by atoms with Crippen molar-refractivity contribution in [2.75, 3.05) is 6.61 Å². The Morgan fingerprint density at radius 1 is 1.80 bits per heavy atom. The van der Waals surface area contributed by atoms with Gasteiger partial charge >= 0.3 is 6.47 Å². The second-order valence-corrected chi connectivity index (χ2v) is 2.20. The summed E-state index contributed by atoms with van der Waals surface area (Å²) in [5.74, 6) is 0.0273. The van der Waals surface area contributed by atoms with E-state index in [1.807, 2.05) is 0 Å². The van der Waals surface area contributed by atoms with Gasteiger partial charge in [-0.3, -0.25) is 4.79 Å². The summed E-state index contributed by atoms with van der Waals surface area (Å²) in [5, 5.41) is 2.65. The molecule has 0 bridgehead atoms. The first-order chi connectivity index (χ1) is 4.83. The van der Waals surface area contributed by atoms with Gasteiger partial charge in [-0.2, -0.15) is 0 Å². The van der Waals surface area contributed by atoms with Crippen molar-refractivity contribution in [3.05, 3.63) is 0 Å². The highest BCUT2D eigenvalue weighted by molar-refractivity contribution is 5.78. The average Bonchev–Trinajstić information content (AvgIpc) is 2.31. The van der Waals surface area contributed by atoms with Crippen LogP contribution in [0.2, 0.25) is 0 Å². The highest BCUT2D eigenvalue weighted by Gasteiger charge is 2.20. The van der Waals surface area contributed by atoms with Gasteiger partial charge in [0, 0.05) is 6.42 Å². The smallest absolute Gasteiger partial charge is 0.417 e. The van der Waals surface area contributed by atoms with Gasteiger partial charge in [-0.05, 0) is 6.42 Å². The predicted molar refractivity (Wildman–Crippen MR) is 32.8 cm³/mol. The van der Waals surface area contributed by atoms with Gasteiger partial charge in [0.2, 0.25) is 5.91 Å². The van der Waals surface area contributed by atoms with E-state index in [0.29, 0.717) is 6.42 Å². The summed E-state index contributed by atoms with van der Waals surface area (Å²) in [6, 6.07) is 0.00829. The topological polar surface area (TPSA) is 55.4 Å². The van der Waals surface area contributed by atoms with Gasteiger partial charge in [0.25, 0.3) is 0 Å². The minimum atomic E-state index is 0.00829. The van der Waals surface area contributed by atoms with Crippen LogP contribution < -0.4 is 5.32 Å². The van der Waals surface area contributed by atoms with Gasteiger partial charge in [0.1, 0.15) is 6.61 Å². The van der Waals surface area contributed by atoms with Crippen molar-refractivity contribution in [2.24, 2.45) is 0 Å². The Morgan fingerprint density at radius 2 is 2.60 bits per heavy atom. The number of hydrogen-bond acceptors (Lipinski definition) is 3. The number of ether oxygens (including phenoxy) is 1. The van der Waals surface area contributed by atoms with Gasteiger partial charge in [0.05, 0.1) is 6.04 Å². The maximum absolute atomic E-state index is 10.6. The third kappa shape index (κ3) is 1.72. The molecule has 1 saturated heterocycles. The standard InChI is InChI=1S/C6H8NO3/c8-4-10-3-5-1-2-6(9)7-5/h5H,1-3H2,(H,7,9)/t5-/m0/s1. The van der Waals surface area contributed by atoms with E-state index in [-0.39, 0.29) is 18.6 Å². The number of carbonyl (C=O) groups is 1. The Balaban J connectivity index is 2.18. The zero-order valence-corrected chi connectivity index (χ0v) is 5.42. The lowest BCUT2D eigenvalue weighted by Crippen LogP contribution is -2.29. The Morgan fingerprint density at radius 3 is 3.10 bits per heavy atom. The van der Waals surface area contributed by atoms with Crippen LogP contribution in [0.1, 0.15) is 12.8 Å². The molecular weight excluding hydrogens is 134 g/mol. The molecule has 1 fully saturated rings. The average molecular weight is 142 g/mol. The van der Waals surface area contributed by atoms with Gasteiger partial charge in [0.15, 0.2) is 0 Å².